The molecule has 0 aliphatic carbocycles. The SMILES string of the molecule is C=C(C)NCc1ccccc1O. The van der Waals surface area contributed by atoms with Crippen LogP contribution in [0.25, 0.3) is 0 Å². The standard InChI is InChI=1S/C10H13NO/c1-8(2)11-7-9-5-3-4-6-10(9)12/h3-6,11-12H,1,7H2,2H3. The Hall–Kier alpha value is -1.44. The molecular weight excluding hydrogens is 150 g/mol. The van der Waals surface area contributed by atoms with Gasteiger partial charge in [0.25, 0.3) is 0 Å². The Morgan fingerprint density at radius 2 is 2.17 bits per heavy atom. The summed E-state index contributed by atoms with van der Waals surface area (Å²) in [5.74, 6) is 0.325. The van der Waals surface area contributed by atoms with Crippen LogP contribution in [0, 0.1) is 0 Å². The van der Waals surface area contributed by atoms with Gasteiger partial charge in [-0.15, -0.1) is 0 Å². The van der Waals surface area contributed by atoms with Gasteiger partial charge in [-0.3, -0.25) is 0 Å². The predicted octanol–water partition coefficient (Wildman–Crippen LogP) is 2.02. The number of phenolic OH excluding ortho intramolecular Hbond substituents is 1. The molecular formula is C10H13NO. The highest BCUT2D eigenvalue weighted by atomic mass is 16.3. The zero-order valence-electron chi connectivity index (χ0n) is 7.17. The van der Waals surface area contributed by atoms with Crippen LogP contribution >= 0.6 is 0 Å². The molecule has 1 aromatic rings. The Morgan fingerprint density at radius 1 is 1.50 bits per heavy atom. The fourth-order valence-corrected chi connectivity index (χ4v) is 0.906. The van der Waals surface area contributed by atoms with Gasteiger partial charge in [-0.2, -0.15) is 0 Å². The monoisotopic (exact) mass is 163 g/mol. The maximum Gasteiger partial charge on any atom is 0.120 e. The summed E-state index contributed by atoms with van der Waals surface area (Å²) >= 11 is 0. The summed E-state index contributed by atoms with van der Waals surface area (Å²) in [5, 5.41) is 12.4. The van der Waals surface area contributed by atoms with E-state index in [1.54, 1.807) is 12.1 Å². The van der Waals surface area contributed by atoms with E-state index in [1.165, 1.54) is 0 Å². The van der Waals surface area contributed by atoms with Gasteiger partial charge in [0.05, 0.1) is 0 Å². The van der Waals surface area contributed by atoms with Crippen LogP contribution in [-0.4, -0.2) is 5.11 Å². The third kappa shape index (κ3) is 2.31. The van der Waals surface area contributed by atoms with Gasteiger partial charge in [0.1, 0.15) is 5.75 Å². The minimum Gasteiger partial charge on any atom is -0.508 e. The van der Waals surface area contributed by atoms with Gasteiger partial charge >= 0.3 is 0 Å². The van der Waals surface area contributed by atoms with E-state index in [-0.39, 0.29) is 0 Å². The van der Waals surface area contributed by atoms with Crippen LogP contribution in [0.4, 0.5) is 0 Å². The second-order valence-electron chi connectivity index (χ2n) is 2.76. The Morgan fingerprint density at radius 3 is 2.75 bits per heavy atom. The molecule has 0 amide bonds. The molecule has 2 heteroatoms. The highest BCUT2D eigenvalue weighted by Crippen LogP contribution is 2.14. The highest BCUT2D eigenvalue weighted by molar-refractivity contribution is 5.31. The average Bonchev–Trinajstić information content (AvgIpc) is 2.03. The van der Waals surface area contributed by atoms with E-state index >= 15 is 0 Å². The van der Waals surface area contributed by atoms with Gasteiger partial charge in [0.15, 0.2) is 0 Å². The number of aromatic hydroxyl groups is 1. The van der Waals surface area contributed by atoms with Gasteiger partial charge in [0, 0.05) is 17.8 Å². The van der Waals surface area contributed by atoms with Gasteiger partial charge in [0.2, 0.25) is 0 Å². The normalized spacial score (nSPS) is 9.42. The number of allylic oxidation sites excluding steroid dienone is 1. The maximum absolute atomic E-state index is 9.35. The van der Waals surface area contributed by atoms with Crippen molar-refractivity contribution in [3.05, 3.63) is 42.1 Å². The minimum absolute atomic E-state index is 0.325. The predicted molar refractivity (Wildman–Crippen MR) is 49.8 cm³/mol. The average molecular weight is 163 g/mol. The van der Waals surface area contributed by atoms with E-state index in [9.17, 15) is 5.11 Å². The molecule has 0 unspecified atom stereocenters. The lowest BCUT2D eigenvalue weighted by Gasteiger charge is -2.06. The number of para-hydroxylation sites is 1. The molecule has 12 heavy (non-hydrogen) atoms. The van der Waals surface area contributed by atoms with Crippen molar-refractivity contribution in [3.63, 3.8) is 0 Å². The summed E-state index contributed by atoms with van der Waals surface area (Å²) < 4.78 is 0. The molecule has 0 heterocycles. The Balaban J connectivity index is 2.63. The number of hydrogen-bond donors (Lipinski definition) is 2. The van der Waals surface area contributed by atoms with E-state index in [1.807, 2.05) is 19.1 Å². The number of hydrogen-bond acceptors (Lipinski definition) is 2. The lowest BCUT2D eigenvalue weighted by molar-refractivity contribution is 0.466. The number of phenols is 1. The summed E-state index contributed by atoms with van der Waals surface area (Å²) in [7, 11) is 0. The lowest BCUT2D eigenvalue weighted by atomic mass is 10.2. The van der Waals surface area contributed by atoms with Crippen molar-refractivity contribution < 1.29 is 5.11 Å². The van der Waals surface area contributed by atoms with Crippen LogP contribution in [-0.2, 0) is 6.54 Å². The first-order valence-corrected chi connectivity index (χ1v) is 3.86. The first-order valence-electron chi connectivity index (χ1n) is 3.86. The molecule has 0 spiro atoms. The second kappa shape index (κ2) is 3.81. The summed E-state index contributed by atoms with van der Waals surface area (Å²) in [4.78, 5) is 0. The first-order chi connectivity index (χ1) is 5.70. The summed E-state index contributed by atoms with van der Waals surface area (Å²) in [6.45, 7) is 6.22. The van der Waals surface area contributed by atoms with E-state index in [0.29, 0.717) is 12.3 Å². The molecule has 0 radical (unpaired) electrons. The van der Waals surface area contributed by atoms with Gasteiger partial charge in [-0.05, 0) is 13.0 Å². The van der Waals surface area contributed by atoms with Gasteiger partial charge in [-0.25, -0.2) is 0 Å². The molecule has 0 aromatic heterocycles. The van der Waals surface area contributed by atoms with Crippen LogP contribution in [0.2, 0.25) is 0 Å². The smallest absolute Gasteiger partial charge is 0.120 e. The topological polar surface area (TPSA) is 32.3 Å². The fraction of sp³-hybridized carbons (Fsp3) is 0.200. The molecule has 0 atom stereocenters. The van der Waals surface area contributed by atoms with Crippen molar-refractivity contribution in [2.75, 3.05) is 0 Å². The van der Waals surface area contributed by atoms with Crippen molar-refractivity contribution in [1.82, 2.24) is 5.32 Å². The molecule has 0 fully saturated rings. The second-order valence-corrected chi connectivity index (χ2v) is 2.76. The fourth-order valence-electron chi connectivity index (χ4n) is 0.906. The molecule has 0 saturated carbocycles. The van der Waals surface area contributed by atoms with E-state index in [2.05, 4.69) is 11.9 Å². The van der Waals surface area contributed by atoms with Crippen LogP contribution in [0.15, 0.2) is 36.5 Å². The lowest BCUT2D eigenvalue weighted by Crippen LogP contribution is -2.09. The Bertz CT molecular complexity index is 281. The molecule has 2 N–H and O–H groups in total. The van der Waals surface area contributed by atoms with Crippen molar-refractivity contribution in [2.24, 2.45) is 0 Å². The van der Waals surface area contributed by atoms with Gasteiger partial charge in [-0.1, -0.05) is 24.8 Å². The molecule has 0 aliphatic rings. The van der Waals surface area contributed by atoms with Crippen molar-refractivity contribution in [1.29, 1.82) is 0 Å². The maximum atomic E-state index is 9.35. The van der Waals surface area contributed by atoms with Crippen LogP contribution in [0.1, 0.15) is 12.5 Å². The van der Waals surface area contributed by atoms with Crippen LogP contribution in [0.3, 0.4) is 0 Å². The van der Waals surface area contributed by atoms with Gasteiger partial charge < -0.3 is 10.4 Å². The van der Waals surface area contributed by atoms with Crippen LogP contribution < -0.4 is 5.32 Å². The van der Waals surface area contributed by atoms with E-state index in [4.69, 9.17) is 0 Å². The largest absolute Gasteiger partial charge is 0.508 e. The zero-order valence-corrected chi connectivity index (χ0v) is 7.17. The number of nitrogens with one attached hydrogen (secondary N) is 1. The Labute approximate surface area is 72.5 Å². The third-order valence-corrected chi connectivity index (χ3v) is 1.57. The minimum atomic E-state index is 0.325. The number of rotatable bonds is 3. The molecule has 2 nitrogen and oxygen atoms in total. The van der Waals surface area contributed by atoms with E-state index in [0.717, 1.165) is 11.3 Å². The van der Waals surface area contributed by atoms with Crippen molar-refractivity contribution >= 4 is 0 Å². The van der Waals surface area contributed by atoms with Crippen molar-refractivity contribution in [3.8, 4) is 5.75 Å². The zero-order chi connectivity index (χ0) is 8.97. The molecule has 0 aliphatic heterocycles. The molecule has 1 rings (SSSR count). The summed E-state index contributed by atoms with van der Waals surface area (Å²) in [5.41, 5.74) is 1.79. The summed E-state index contributed by atoms with van der Waals surface area (Å²) in [6.07, 6.45) is 0. The molecule has 0 saturated heterocycles. The summed E-state index contributed by atoms with van der Waals surface area (Å²) in [6, 6.07) is 7.26. The van der Waals surface area contributed by atoms with Crippen LogP contribution in [0.5, 0.6) is 5.75 Å². The molecule has 64 valence electrons. The van der Waals surface area contributed by atoms with Crippen molar-refractivity contribution in [2.45, 2.75) is 13.5 Å². The molecule has 0 bridgehead atoms. The highest BCUT2D eigenvalue weighted by Gasteiger charge is 1.96. The number of benzene rings is 1. The van der Waals surface area contributed by atoms with E-state index < -0.39 is 0 Å². The third-order valence-electron chi connectivity index (χ3n) is 1.57. The first kappa shape index (κ1) is 8.65. The molecule has 1 aromatic carbocycles. The Kier molecular flexibility index (Phi) is 2.75. The quantitative estimate of drug-likeness (QED) is 0.714.